The van der Waals surface area contributed by atoms with Gasteiger partial charge in [-0.1, -0.05) is 30.3 Å². The van der Waals surface area contributed by atoms with Crippen molar-refractivity contribution in [3.05, 3.63) is 60.2 Å². The van der Waals surface area contributed by atoms with Crippen LogP contribution in [0.5, 0.6) is 0 Å². The molecule has 0 saturated carbocycles. The molecule has 1 N–H and O–H groups in total. The summed E-state index contributed by atoms with van der Waals surface area (Å²) in [5.74, 6) is 0. The van der Waals surface area contributed by atoms with Crippen LogP contribution in [-0.4, -0.2) is 72.5 Å². The molecule has 1 aliphatic rings. The molecule has 8 nitrogen and oxygen atoms in total. The van der Waals surface area contributed by atoms with Gasteiger partial charge in [-0.3, -0.25) is 0 Å². The van der Waals surface area contributed by atoms with E-state index in [2.05, 4.69) is 21.8 Å². The van der Waals surface area contributed by atoms with E-state index in [1.165, 1.54) is 34.1 Å². The van der Waals surface area contributed by atoms with E-state index >= 15 is 0 Å². The van der Waals surface area contributed by atoms with E-state index in [-0.39, 0.29) is 9.79 Å². The van der Waals surface area contributed by atoms with Gasteiger partial charge in [-0.2, -0.15) is 4.31 Å². The second-order valence-electron chi connectivity index (χ2n) is 7.46. The molecule has 10 heteroatoms. The second kappa shape index (κ2) is 10.7. The van der Waals surface area contributed by atoms with E-state index in [9.17, 15) is 16.8 Å². The van der Waals surface area contributed by atoms with Gasteiger partial charge in [-0.25, -0.2) is 21.6 Å². The lowest BCUT2D eigenvalue weighted by atomic mass is 10.2. The summed E-state index contributed by atoms with van der Waals surface area (Å²) in [7, 11) is -5.35. The van der Waals surface area contributed by atoms with Crippen LogP contribution >= 0.6 is 0 Å². The van der Waals surface area contributed by atoms with Crippen molar-refractivity contribution in [2.45, 2.75) is 22.8 Å². The molecule has 1 fully saturated rings. The summed E-state index contributed by atoms with van der Waals surface area (Å²) in [5.41, 5.74) is 1.21. The minimum atomic E-state index is -3.70. The Morgan fingerprint density at radius 2 is 1.55 bits per heavy atom. The molecule has 1 heterocycles. The summed E-state index contributed by atoms with van der Waals surface area (Å²) in [6, 6.07) is 15.4. The number of nitrogens with zero attached hydrogens (tertiary/aromatic N) is 2. The molecule has 0 unspecified atom stereocenters. The minimum absolute atomic E-state index is 0.0473. The molecular formula is C21H29N3O5S2. The van der Waals surface area contributed by atoms with Crippen molar-refractivity contribution < 1.29 is 21.6 Å². The van der Waals surface area contributed by atoms with Crippen LogP contribution in [0.1, 0.15) is 12.0 Å². The Kier molecular flexibility index (Phi) is 8.20. The van der Waals surface area contributed by atoms with Gasteiger partial charge in [-0.05, 0) is 49.8 Å². The van der Waals surface area contributed by atoms with Crippen LogP contribution in [0, 0.1) is 0 Å². The highest BCUT2D eigenvalue weighted by Crippen LogP contribution is 2.19. The molecule has 0 aromatic heterocycles. The maximum absolute atomic E-state index is 12.7. The van der Waals surface area contributed by atoms with E-state index in [0.29, 0.717) is 39.3 Å². The van der Waals surface area contributed by atoms with Gasteiger partial charge in [0, 0.05) is 26.2 Å². The number of nitrogens with one attached hydrogen (secondary N) is 1. The van der Waals surface area contributed by atoms with Gasteiger partial charge in [0.15, 0.2) is 0 Å². The van der Waals surface area contributed by atoms with Crippen LogP contribution in [-0.2, 0) is 31.3 Å². The summed E-state index contributed by atoms with van der Waals surface area (Å²) in [6.07, 6.45) is 0.659. The Labute approximate surface area is 184 Å². The molecule has 1 aliphatic heterocycles. The zero-order valence-corrected chi connectivity index (χ0v) is 19.2. The van der Waals surface area contributed by atoms with Crippen LogP contribution in [0.4, 0.5) is 0 Å². The fraction of sp³-hybridized carbons (Fsp3) is 0.429. The van der Waals surface area contributed by atoms with Crippen LogP contribution in [0.3, 0.4) is 0 Å². The first kappa shape index (κ1) is 23.8. The Balaban J connectivity index is 1.51. The van der Waals surface area contributed by atoms with Crippen LogP contribution in [0.2, 0.25) is 0 Å². The van der Waals surface area contributed by atoms with E-state index in [0.717, 1.165) is 13.1 Å². The second-order valence-corrected chi connectivity index (χ2v) is 11.2. The maximum atomic E-state index is 12.7. The molecule has 0 atom stereocenters. The highest BCUT2D eigenvalue weighted by molar-refractivity contribution is 7.89. The average Bonchev–Trinajstić information content (AvgIpc) is 2.78. The average molecular weight is 468 g/mol. The quantitative estimate of drug-likeness (QED) is 0.532. The maximum Gasteiger partial charge on any atom is 0.243 e. The SMILES string of the molecule is CN(CCCNS(=O)(=O)c1ccc(S(=O)(=O)N2CCOCC2)cc1)Cc1ccccc1. The number of sulfonamides is 2. The summed E-state index contributed by atoms with van der Waals surface area (Å²) >= 11 is 0. The molecule has 0 aliphatic carbocycles. The van der Waals surface area contributed by atoms with Gasteiger partial charge in [0.25, 0.3) is 0 Å². The van der Waals surface area contributed by atoms with Crippen LogP contribution in [0.15, 0.2) is 64.4 Å². The number of rotatable bonds is 10. The lowest BCUT2D eigenvalue weighted by molar-refractivity contribution is 0.0730. The molecule has 0 spiro atoms. The summed E-state index contributed by atoms with van der Waals surface area (Å²) in [6.45, 7) is 3.15. The molecule has 1 saturated heterocycles. The molecule has 3 rings (SSSR count). The first-order valence-electron chi connectivity index (χ1n) is 10.2. The summed E-state index contributed by atoms with van der Waals surface area (Å²) in [5, 5.41) is 0. The van der Waals surface area contributed by atoms with Crippen LogP contribution < -0.4 is 4.72 Å². The number of morpholine rings is 1. The normalized spacial score (nSPS) is 15.9. The largest absolute Gasteiger partial charge is 0.379 e. The van der Waals surface area contributed by atoms with Crippen LogP contribution in [0.25, 0.3) is 0 Å². The van der Waals surface area contributed by atoms with Crippen molar-refractivity contribution in [3.63, 3.8) is 0 Å². The molecular weight excluding hydrogens is 438 g/mol. The number of benzene rings is 2. The van der Waals surface area contributed by atoms with Gasteiger partial charge in [0.1, 0.15) is 0 Å². The standard InChI is InChI=1S/C21H29N3O5S2/c1-23(18-19-6-3-2-4-7-19)13-5-12-22-30(25,26)20-8-10-21(11-9-20)31(27,28)24-14-16-29-17-15-24/h2-4,6-11,22H,5,12-18H2,1H3. The third-order valence-corrected chi connectivity index (χ3v) is 8.44. The molecule has 0 amide bonds. The molecule has 31 heavy (non-hydrogen) atoms. The smallest absolute Gasteiger partial charge is 0.243 e. The van der Waals surface area contributed by atoms with Gasteiger partial charge in [0.2, 0.25) is 20.0 Å². The third-order valence-electron chi connectivity index (χ3n) is 5.05. The van der Waals surface area contributed by atoms with Crippen molar-refractivity contribution >= 4 is 20.0 Å². The highest BCUT2D eigenvalue weighted by atomic mass is 32.2. The van der Waals surface area contributed by atoms with E-state index < -0.39 is 20.0 Å². The van der Waals surface area contributed by atoms with Crippen molar-refractivity contribution in [1.29, 1.82) is 0 Å². The Hall–Kier alpha value is -1.82. The van der Waals surface area contributed by atoms with Gasteiger partial charge < -0.3 is 9.64 Å². The Morgan fingerprint density at radius 3 is 2.19 bits per heavy atom. The molecule has 2 aromatic carbocycles. The third kappa shape index (κ3) is 6.58. The predicted octanol–water partition coefficient (Wildman–Crippen LogP) is 1.51. The highest BCUT2D eigenvalue weighted by Gasteiger charge is 2.26. The molecule has 0 radical (unpaired) electrons. The lowest BCUT2D eigenvalue weighted by Gasteiger charge is -2.26. The molecule has 0 bridgehead atoms. The molecule has 170 valence electrons. The van der Waals surface area contributed by atoms with Gasteiger partial charge >= 0.3 is 0 Å². The zero-order valence-electron chi connectivity index (χ0n) is 17.6. The fourth-order valence-electron chi connectivity index (χ4n) is 3.34. The molecule has 2 aromatic rings. The van der Waals surface area contributed by atoms with Gasteiger partial charge in [0.05, 0.1) is 23.0 Å². The zero-order chi connectivity index (χ0) is 22.3. The van der Waals surface area contributed by atoms with E-state index in [4.69, 9.17) is 4.74 Å². The number of hydrogen-bond acceptors (Lipinski definition) is 6. The van der Waals surface area contributed by atoms with Gasteiger partial charge in [-0.15, -0.1) is 0 Å². The van der Waals surface area contributed by atoms with E-state index in [1.807, 2.05) is 25.2 Å². The fourth-order valence-corrected chi connectivity index (χ4v) is 5.82. The summed E-state index contributed by atoms with van der Waals surface area (Å²) in [4.78, 5) is 2.26. The monoisotopic (exact) mass is 467 g/mol. The first-order chi connectivity index (χ1) is 14.8. The predicted molar refractivity (Wildman–Crippen MR) is 119 cm³/mol. The Morgan fingerprint density at radius 1 is 0.935 bits per heavy atom. The topological polar surface area (TPSA) is 96.0 Å². The number of ether oxygens (including phenoxy) is 1. The minimum Gasteiger partial charge on any atom is -0.379 e. The Bertz CT molecular complexity index is 1040. The summed E-state index contributed by atoms with van der Waals surface area (Å²) < 4.78 is 59.5. The number of hydrogen-bond donors (Lipinski definition) is 1. The van der Waals surface area contributed by atoms with E-state index in [1.54, 1.807) is 0 Å². The van der Waals surface area contributed by atoms with Crippen molar-refractivity contribution in [2.24, 2.45) is 0 Å². The van der Waals surface area contributed by atoms with Crippen molar-refractivity contribution in [1.82, 2.24) is 13.9 Å². The van der Waals surface area contributed by atoms with Crippen molar-refractivity contribution in [3.8, 4) is 0 Å². The lowest BCUT2D eigenvalue weighted by Crippen LogP contribution is -2.40. The van der Waals surface area contributed by atoms with Crippen molar-refractivity contribution in [2.75, 3.05) is 46.4 Å². The first-order valence-corrected chi connectivity index (χ1v) is 13.1.